The van der Waals surface area contributed by atoms with Crippen molar-refractivity contribution < 1.29 is 27.5 Å². The number of fused-ring (bicyclic) bond motifs is 1. The first-order valence-electron chi connectivity index (χ1n) is 14.6. The van der Waals surface area contributed by atoms with Gasteiger partial charge in [0.15, 0.2) is 0 Å². The summed E-state index contributed by atoms with van der Waals surface area (Å²) in [6, 6.07) is 15.6. The molecule has 0 bridgehead atoms. The van der Waals surface area contributed by atoms with Gasteiger partial charge in [-0.2, -0.15) is 4.31 Å². The van der Waals surface area contributed by atoms with Crippen LogP contribution in [-0.4, -0.2) is 80.5 Å². The van der Waals surface area contributed by atoms with E-state index in [1.165, 1.54) is 16.6 Å². The molecule has 0 aliphatic heterocycles. The number of benzene rings is 2. The van der Waals surface area contributed by atoms with Crippen LogP contribution in [0.15, 0.2) is 70.2 Å². The number of nitrogens with zero attached hydrogens (tertiary/aromatic N) is 2. The van der Waals surface area contributed by atoms with Crippen LogP contribution in [0.3, 0.4) is 0 Å². The number of amides is 2. The maximum atomic E-state index is 14.2. The highest BCUT2D eigenvalue weighted by Crippen LogP contribution is 2.32. The van der Waals surface area contributed by atoms with Crippen molar-refractivity contribution in [2.24, 2.45) is 11.3 Å². The Morgan fingerprint density at radius 1 is 1.00 bits per heavy atom. The molecule has 0 radical (unpaired) electrons. The number of nitrogens with one attached hydrogen (secondary N) is 2. The van der Waals surface area contributed by atoms with Gasteiger partial charge in [-0.15, -0.1) is 0 Å². The smallest absolute Gasteiger partial charge is 0.245 e. The SMILES string of the molecule is CC(C)CN(C(O)(CCNC(=O)CC(C)(C)CNC(=O)CN(C)C)Cc1ccccc1)S(=O)(=O)c1ccc2occc2c1. The average Bonchev–Trinajstić information content (AvgIpc) is 3.38. The summed E-state index contributed by atoms with van der Waals surface area (Å²) in [6.45, 7) is 8.28. The molecule has 0 aliphatic rings. The summed E-state index contributed by atoms with van der Waals surface area (Å²) in [5, 5.41) is 18.6. The fourth-order valence-electron chi connectivity index (χ4n) is 4.92. The molecule has 3 N–H and O–H groups in total. The molecule has 3 aromatic rings. The predicted molar refractivity (Wildman–Crippen MR) is 168 cm³/mol. The number of aliphatic hydroxyl groups is 1. The van der Waals surface area contributed by atoms with Crippen LogP contribution in [-0.2, 0) is 26.0 Å². The van der Waals surface area contributed by atoms with Crippen molar-refractivity contribution in [1.29, 1.82) is 0 Å². The van der Waals surface area contributed by atoms with Gasteiger partial charge in [-0.25, -0.2) is 8.42 Å². The third-order valence-corrected chi connectivity index (χ3v) is 8.97. The van der Waals surface area contributed by atoms with E-state index in [1.807, 2.05) is 72.1 Å². The number of hydrogen-bond donors (Lipinski definition) is 3. The van der Waals surface area contributed by atoms with Crippen molar-refractivity contribution in [3.8, 4) is 0 Å². The summed E-state index contributed by atoms with van der Waals surface area (Å²) in [4.78, 5) is 26.8. The fraction of sp³-hybridized carbons (Fsp3) is 0.500. The van der Waals surface area contributed by atoms with Crippen LogP contribution in [0.25, 0.3) is 11.0 Å². The standard InChI is InChI=1S/C32H46N4O6S/c1-24(2)21-36(43(40,41)27-12-13-28-26(18-27)14-17-42-28)32(39,19-25-10-8-7-9-11-25)15-16-33-29(37)20-31(3,4)23-34-30(38)22-35(5)6/h7-14,17-18,24,39H,15-16,19-23H2,1-6H3,(H,33,37)(H,34,38). The third-order valence-electron chi connectivity index (χ3n) is 7.05. The van der Waals surface area contributed by atoms with Gasteiger partial charge < -0.3 is 25.1 Å². The molecule has 2 aromatic carbocycles. The van der Waals surface area contributed by atoms with Crippen LogP contribution >= 0.6 is 0 Å². The number of rotatable bonds is 16. The Morgan fingerprint density at radius 3 is 2.35 bits per heavy atom. The molecule has 0 saturated heterocycles. The minimum atomic E-state index is -4.16. The highest BCUT2D eigenvalue weighted by molar-refractivity contribution is 7.89. The van der Waals surface area contributed by atoms with Gasteiger partial charge in [0.1, 0.15) is 11.3 Å². The quantitative estimate of drug-likeness (QED) is 0.210. The van der Waals surface area contributed by atoms with E-state index < -0.39 is 21.2 Å². The Hall–Kier alpha value is -3.25. The Bertz CT molecular complexity index is 1470. The van der Waals surface area contributed by atoms with Crippen LogP contribution in [0.1, 0.15) is 46.1 Å². The zero-order valence-corrected chi connectivity index (χ0v) is 26.9. The van der Waals surface area contributed by atoms with Crippen LogP contribution in [0.4, 0.5) is 0 Å². The Balaban J connectivity index is 1.81. The molecule has 0 spiro atoms. The van der Waals surface area contributed by atoms with Gasteiger partial charge in [0.25, 0.3) is 0 Å². The van der Waals surface area contributed by atoms with Gasteiger partial charge in [-0.3, -0.25) is 9.59 Å². The summed E-state index contributed by atoms with van der Waals surface area (Å²) in [6.07, 6.45) is 1.64. The highest BCUT2D eigenvalue weighted by atomic mass is 32.2. The number of sulfonamides is 1. The van der Waals surface area contributed by atoms with Crippen LogP contribution in [0.5, 0.6) is 0 Å². The van der Waals surface area contributed by atoms with Crippen molar-refractivity contribution in [3.63, 3.8) is 0 Å². The second kappa shape index (κ2) is 14.5. The predicted octanol–water partition coefficient (Wildman–Crippen LogP) is 3.61. The van der Waals surface area contributed by atoms with Crippen molar-refractivity contribution in [2.45, 2.75) is 57.6 Å². The fourth-order valence-corrected chi connectivity index (χ4v) is 6.79. The number of carbonyl (C=O) groups is 2. The van der Waals surface area contributed by atoms with E-state index in [2.05, 4.69) is 10.6 Å². The first-order chi connectivity index (χ1) is 20.1. The van der Waals surface area contributed by atoms with Gasteiger partial charge in [0.2, 0.25) is 21.8 Å². The Morgan fingerprint density at radius 2 is 1.70 bits per heavy atom. The van der Waals surface area contributed by atoms with E-state index in [-0.39, 0.29) is 61.5 Å². The van der Waals surface area contributed by atoms with Crippen LogP contribution in [0.2, 0.25) is 0 Å². The maximum absolute atomic E-state index is 14.2. The van der Waals surface area contributed by atoms with Gasteiger partial charge in [0.05, 0.1) is 17.7 Å². The summed E-state index contributed by atoms with van der Waals surface area (Å²) < 4.78 is 34.9. The molecule has 1 unspecified atom stereocenters. The molecule has 0 saturated carbocycles. The number of likely N-dealkylation sites (N-methyl/N-ethyl adjacent to an activating group) is 1. The van der Waals surface area contributed by atoms with Crippen molar-refractivity contribution >= 4 is 32.8 Å². The van der Waals surface area contributed by atoms with Gasteiger partial charge in [-0.05, 0) is 55.3 Å². The minimum absolute atomic E-state index is 0.0342. The summed E-state index contributed by atoms with van der Waals surface area (Å²) >= 11 is 0. The maximum Gasteiger partial charge on any atom is 0.245 e. The molecular weight excluding hydrogens is 568 g/mol. The van der Waals surface area contributed by atoms with E-state index in [0.29, 0.717) is 17.5 Å². The summed E-state index contributed by atoms with van der Waals surface area (Å²) in [7, 11) is -0.545. The monoisotopic (exact) mass is 614 g/mol. The first kappa shape index (κ1) is 34.2. The zero-order valence-electron chi connectivity index (χ0n) is 26.1. The molecule has 236 valence electrons. The molecule has 43 heavy (non-hydrogen) atoms. The van der Waals surface area contributed by atoms with E-state index in [1.54, 1.807) is 23.1 Å². The molecule has 3 rings (SSSR count). The lowest BCUT2D eigenvalue weighted by atomic mass is 9.88. The molecule has 0 aliphatic carbocycles. The lowest BCUT2D eigenvalue weighted by Gasteiger charge is -2.40. The van der Waals surface area contributed by atoms with Gasteiger partial charge >= 0.3 is 0 Å². The van der Waals surface area contributed by atoms with E-state index >= 15 is 0 Å². The number of carbonyl (C=O) groups excluding carboxylic acids is 2. The second-order valence-corrected chi connectivity index (χ2v) is 14.5. The van der Waals surface area contributed by atoms with Crippen molar-refractivity contribution in [1.82, 2.24) is 19.8 Å². The first-order valence-corrected chi connectivity index (χ1v) is 16.0. The minimum Gasteiger partial charge on any atom is -0.464 e. The molecule has 1 aromatic heterocycles. The number of hydrogen-bond acceptors (Lipinski definition) is 7. The Kier molecular flexibility index (Phi) is 11.5. The Labute approximate surface area is 255 Å². The van der Waals surface area contributed by atoms with E-state index in [9.17, 15) is 23.1 Å². The third kappa shape index (κ3) is 9.89. The molecule has 2 amide bonds. The van der Waals surface area contributed by atoms with Crippen LogP contribution in [0, 0.1) is 11.3 Å². The zero-order chi connectivity index (χ0) is 31.8. The lowest BCUT2D eigenvalue weighted by molar-refractivity contribution is -0.125. The van der Waals surface area contributed by atoms with Crippen molar-refractivity contribution in [2.75, 3.05) is 40.3 Å². The topological polar surface area (TPSA) is 132 Å². The van der Waals surface area contributed by atoms with E-state index in [0.717, 1.165) is 5.56 Å². The van der Waals surface area contributed by atoms with Crippen LogP contribution < -0.4 is 10.6 Å². The second-order valence-electron chi connectivity index (χ2n) is 12.7. The molecule has 11 heteroatoms. The van der Waals surface area contributed by atoms with Gasteiger partial charge in [0, 0.05) is 44.3 Å². The van der Waals surface area contributed by atoms with E-state index in [4.69, 9.17) is 4.42 Å². The van der Waals surface area contributed by atoms with Crippen molar-refractivity contribution in [3.05, 3.63) is 66.4 Å². The normalized spacial score (nSPS) is 13.9. The molecule has 0 fully saturated rings. The van der Waals surface area contributed by atoms with Gasteiger partial charge in [-0.1, -0.05) is 58.0 Å². The molecule has 1 atom stereocenters. The summed E-state index contributed by atoms with van der Waals surface area (Å²) in [5.41, 5.74) is -1.01. The summed E-state index contributed by atoms with van der Waals surface area (Å²) in [5.74, 6) is -0.465. The lowest BCUT2D eigenvalue weighted by Crippen LogP contribution is -2.55. The molecule has 1 heterocycles. The average molecular weight is 615 g/mol. The number of furan rings is 1. The molecular formula is C32H46N4O6S. The largest absolute Gasteiger partial charge is 0.464 e. The highest BCUT2D eigenvalue weighted by Gasteiger charge is 2.43. The molecule has 10 nitrogen and oxygen atoms in total.